The number of aromatic nitrogens is 2. The molecule has 1 heterocycles. The standard InChI is InChI=1S/C8H11BrN2/c1-4-5-11-7(3)8(9)6(2)10-11/h4H,1,5H2,2-3H3. The number of hydrogen-bond donors (Lipinski definition) is 0. The smallest absolute Gasteiger partial charge is 0.0738 e. The number of aryl methyl sites for hydroxylation is 1. The Morgan fingerprint density at radius 1 is 1.64 bits per heavy atom. The van der Waals surface area contributed by atoms with E-state index in [1.54, 1.807) is 0 Å². The van der Waals surface area contributed by atoms with Crippen molar-refractivity contribution in [2.45, 2.75) is 20.4 Å². The van der Waals surface area contributed by atoms with Gasteiger partial charge >= 0.3 is 0 Å². The van der Waals surface area contributed by atoms with Gasteiger partial charge in [-0.15, -0.1) is 6.58 Å². The lowest BCUT2D eigenvalue weighted by Crippen LogP contribution is -1.99. The molecule has 0 unspecified atom stereocenters. The first-order valence-electron chi connectivity index (χ1n) is 3.47. The fourth-order valence-corrected chi connectivity index (χ4v) is 1.26. The zero-order valence-electron chi connectivity index (χ0n) is 6.76. The number of hydrogen-bond acceptors (Lipinski definition) is 1. The zero-order chi connectivity index (χ0) is 8.43. The largest absolute Gasteiger partial charge is 0.265 e. The molecule has 11 heavy (non-hydrogen) atoms. The highest BCUT2D eigenvalue weighted by Crippen LogP contribution is 2.19. The van der Waals surface area contributed by atoms with Crippen molar-refractivity contribution in [3.8, 4) is 0 Å². The average Bonchev–Trinajstić information content (AvgIpc) is 2.19. The van der Waals surface area contributed by atoms with Crippen molar-refractivity contribution in [3.05, 3.63) is 28.5 Å². The Morgan fingerprint density at radius 2 is 2.27 bits per heavy atom. The second-order valence-electron chi connectivity index (χ2n) is 2.46. The summed E-state index contributed by atoms with van der Waals surface area (Å²) in [5.41, 5.74) is 2.19. The fourth-order valence-electron chi connectivity index (χ4n) is 0.975. The van der Waals surface area contributed by atoms with Crippen LogP contribution in [0.25, 0.3) is 0 Å². The predicted molar refractivity (Wildman–Crippen MR) is 49.6 cm³/mol. The molecule has 0 aliphatic heterocycles. The van der Waals surface area contributed by atoms with Crippen molar-refractivity contribution in [2.24, 2.45) is 0 Å². The Labute approximate surface area is 75.0 Å². The molecule has 1 aromatic heterocycles. The summed E-state index contributed by atoms with van der Waals surface area (Å²) in [7, 11) is 0. The molecule has 60 valence electrons. The van der Waals surface area contributed by atoms with Crippen LogP contribution in [0.2, 0.25) is 0 Å². The number of halogens is 1. The number of nitrogens with zero attached hydrogens (tertiary/aromatic N) is 2. The summed E-state index contributed by atoms with van der Waals surface area (Å²) in [6.07, 6.45) is 1.84. The molecule has 0 amide bonds. The van der Waals surface area contributed by atoms with E-state index in [1.165, 1.54) is 0 Å². The minimum absolute atomic E-state index is 0.776. The molecule has 3 heteroatoms. The lowest BCUT2D eigenvalue weighted by Gasteiger charge is -1.97. The molecule has 1 aromatic rings. The van der Waals surface area contributed by atoms with E-state index in [4.69, 9.17) is 0 Å². The number of allylic oxidation sites excluding steroid dienone is 1. The van der Waals surface area contributed by atoms with Gasteiger partial charge in [-0.1, -0.05) is 6.08 Å². The highest BCUT2D eigenvalue weighted by Gasteiger charge is 2.05. The summed E-state index contributed by atoms with van der Waals surface area (Å²) >= 11 is 3.45. The molecule has 0 aliphatic rings. The van der Waals surface area contributed by atoms with Gasteiger partial charge in [-0.2, -0.15) is 5.10 Å². The van der Waals surface area contributed by atoms with Crippen LogP contribution in [0.5, 0.6) is 0 Å². The van der Waals surface area contributed by atoms with Gasteiger partial charge in [0, 0.05) is 0 Å². The summed E-state index contributed by atoms with van der Waals surface area (Å²) in [5, 5.41) is 4.30. The van der Waals surface area contributed by atoms with Crippen molar-refractivity contribution < 1.29 is 0 Å². The SMILES string of the molecule is C=CCn1nc(C)c(Br)c1C. The van der Waals surface area contributed by atoms with Gasteiger partial charge in [0.05, 0.1) is 22.4 Å². The van der Waals surface area contributed by atoms with Gasteiger partial charge in [-0.05, 0) is 29.8 Å². The molecule has 0 aliphatic carbocycles. The van der Waals surface area contributed by atoms with E-state index >= 15 is 0 Å². The Bertz CT molecular complexity index is 276. The minimum atomic E-state index is 0.776. The third-order valence-corrected chi connectivity index (χ3v) is 2.74. The first kappa shape index (κ1) is 8.53. The molecule has 0 saturated carbocycles. The normalized spacial score (nSPS) is 10.1. The predicted octanol–water partition coefficient (Wildman–Crippen LogP) is 2.45. The summed E-state index contributed by atoms with van der Waals surface area (Å²) in [4.78, 5) is 0. The highest BCUT2D eigenvalue weighted by molar-refractivity contribution is 9.10. The highest BCUT2D eigenvalue weighted by atomic mass is 79.9. The number of rotatable bonds is 2. The Hall–Kier alpha value is -0.570. The zero-order valence-corrected chi connectivity index (χ0v) is 8.35. The fraction of sp³-hybridized carbons (Fsp3) is 0.375. The Kier molecular flexibility index (Phi) is 2.49. The van der Waals surface area contributed by atoms with Gasteiger partial charge in [0.1, 0.15) is 0 Å². The molecule has 0 saturated heterocycles. The van der Waals surface area contributed by atoms with Gasteiger partial charge in [-0.3, -0.25) is 4.68 Å². The van der Waals surface area contributed by atoms with E-state index in [0.717, 1.165) is 22.4 Å². The van der Waals surface area contributed by atoms with Crippen LogP contribution in [0.1, 0.15) is 11.4 Å². The second-order valence-corrected chi connectivity index (χ2v) is 3.25. The molecule has 0 aromatic carbocycles. The monoisotopic (exact) mass is 214 g/mol. The second kappa shape index (κ2) is 3.22. The molecule has 0 radical (unpaired) electrons. The van der Waals surface area contributed by atoms with E-state index in [1.807, 2.05) is 24.6 Å². The third-order valence-electron chi connectivity index (χ3n) is 1.60. The molecular weight excluding hydrogens is 204 g/mol. The van der Waals surface area contributed by atoms with Crippen LogP contribution in [-0.2, 0) is 6.54 Å². The minimum Gasteiger partial charge on any atom is -0.265 e. The molecule has 0 fully saturated rings. The first-order chi connectivity index (χ1) is 5.16. The topological polar surface area (TPSA) is 17.8 Å². The van der Waals surface area contributed by atoms with Gasteiger partial charge in [0.25, 0.3) is 0 Å². The van der Waals surface area contributed by atoms with E-state index in [-0.39, 0.29) is 0 Å². The first-order valence-corrected chi connectivity index (χ1v) is 4.26. The van der Waals surface area contributed by atoms with E-state index in [0.29, 0.717) is 0 Å². The lowest BCUT2D eigenvalue weighted by molar-refractivity contribution is 0.672. The van der Waals surface area contributed by atoms with Gasteiger partial charge in [0.15, 0.2) is 0 Å². The molecule has 0 spiro atoms. The van der Waals surface area contributed by atoms with E-state index in [2.05, 4.69) is 27.6 Å². The van der Waals surface area contributed by atoms with Crippen molar-refractivity contribution >= 4 is 15.9 Å². The molecular formula is C8H11BrN2. The maximum atomic E-state index is 4.30. The average molecular weight is 215 g/mol. The van der Waals surface area contributed by atoms with Crippen molar-refractivity contribution in [2.75, 3.05) is 0 Å². The van der Waals surface area contributed by atoms with Crippen LogP contribution in [0.3, 0.4) is 0 Å². The van der Waals surface area contributed by atoms with Crippen LogP contribution in [-0.4, -0.2) is 9.78 Å². The summed E-state index contributed by atoms with van der Waals surface area (Å²) in [5.74, 6) is 0. The molecule has 1 rings (SSSR count). The van der Waals surface area contributed by atoms with Crippen molar-refractivity contribution in [1.82, 2.24) is 9.78 Å². The molecule has 0 N–H and O–H groups in total. The molecule has 0 bridgehead atoms. The Balaban J connectivity index is 3.07. The van der Waals surface area contributed by atoms with E-state index < -0.39 is 0 Å². The van der Waals surface area contributed by atoms with Crippen LogP contribution in [0.4, 0.5) is 0 Å². The van der Waals surface area contributed by atoms with Crippen molar-refractivity contribution in [3.63, 3.8) is 0 Å². The van der Waals surface area contributed by atoms with Crippen LogP contribution in [0.15, 0.2) is 17.1 Å². The Morgan fingerprint density at radius 3 is 2.64 bits per heavy atom. The van der Waals surface area contributed by atoms with Gasteiger partial charge < -0.3 is 0 Å². The van der Waals surface area contributed by atoms with Gasteiger partial charge in [-0.25, -0.2) is 0 Å². The van der Waals surface area contributed by atoms with Gasteiger partial charge in [0.2, 0.25) is 0 Å². The molecule has 0 atom stereocenters. The van der Waals surface area contributed by atoms with Crippen LogP contribution < -0.4 is 0 Å². The quantitative estimate of drug-likeness (QED) is 0.693. The maximum absolute atomic E-state index is 4.30. The molecule has 2 nitrogen and oxygen atoms in total. The summed E-state index contributed by atoms with van der Waals surface area (Å²) in [6, 6.07) is 0. The third kappa shape index (κ3) is 1.53. The summed E-state index contributed by atoms with van der Waals surface area (Å²) in [6.45, 7) is 8.45. The summed E-state index contributed by atoms with van der Waals surface area (Å²) < 4.78 is 3.02. The van der Waals surface area contributed by atoms with E-state index in [9.17, 15) is 0 Å². The van der Waals surface area contributed by atoms with Crippen LogP contribution in [0, 0.1) is 13.8 Å². The lowest BCUT2D eigenvalue weighted by atomic mass is 10.4. The van der Waals surface area contributed by atoms with Crippen LogP contribution >= 0.6 is 15.9 Å². The maximum Gasteiger partial charge on any atom is 0.0738 e. The van der Waals surface area contributed by atoms with Crippen molar-refractivity contribution in [1.29, 1.82) is 0 Å².